The Morgan fingerprint density at radius 3 is 2.33 bits per heavy atom. The van der Waals surface area contributed by atoms with E-state index >= 15 is 0 Å². The number of carbonyl (C=O) groups excluding carboxylic acids is 2. The summed E-state index contributed by atoms with van der Waals surface area (Å²) in [5.41, 5.74) is -0.180. The van der Waals surface area contributed by atoms with Crippen LogP contribution in [0.4, 0.5) is 18.0 Å². The van der Waals surface area contributed by atoms with E-state index in [0.29, 0.717) is 0 Å². The molecule has 0 fully saturated rings. The molecule has 0 saturated carbocycles. The predicted octanol–water partition coefficient (Wildman–Crippen LogP) is 4.32. The topological polar surface area (TPSA) is 64.6 Å². The summed E-state index contributed by atoms with van der Waals surface area (Å²) in [6.45, 7) is 0.243. The van der Waals surface area contributed by atoms with E-state index in [1.807, 2.05) is 30.3 Å². The molecule has 2 aromatic carbocycles. The van der Waals surface area contributed by atoms with Crippen molar-refractivity contribution < 1.29 is 32.2 Å². The molecule has 1 amide bonds. The number of rotatable bonds is 7. The number of carbonyl (C=O) groups is 2. The third-order valence-electron chi connectivity index (χ3n) is 3.46. The Labute approximate surface area is 154 Å². The lowest BCUT2D eigenvalue weighted by Crippen LogP contribution is -2.26. The molecule has 0 bridgehead atoms. The molecule has 144 valence electrons. The first kappa shape index (κ1) is 20.3. The molecule has 0 spiro atoms. The number of alkyl carbamates (subject to hydrolysis) is 1. The van der Waals surface area contributed by atoms with Gasteiger partial charge in [-0.2, -0.15) is 13.2 Å². The maximum Gasteiger partial charge on any atom is 0.419 e. The second kappa shape index (κ2) is 9.61. The van der Waals surface area contributed by atoms with Crippen LogP contribution in [-0.4, -0.2) is 18.6 Å². The molecule has 0 aliphatic carbocycles. The van der Waals surface area contributed by atoms with Crippen molar-refractivity contribution >= 4 is 12.1 Å². The number of hydrogen-bond donors (Lipinski definition) is 1. The number of nitrogens with one attached hydrogen (secondary N) is 1. The summed E-state index contributed by atoms with van der Waals surface area (Å²) in [7, 11) is 0. The number of benzene rings is 2. The molecule has 2 rings (SSSR count). The normalized spacial score (nSPS) is 10.9. The van der Waals surface area contributed by atoms with Crippen LogP contribution in [0.3, 0.4) is 0 Å². The van der Waals surface area contributed by atoms with Crippen molar-refractivity contribution in [1.82, 2.24) is 5.32 Å². The van der Waals surface area contributed by atoms with Gasteiger partial charge in [-0.1, -0.05) is 42.5 Å². The number of alkyl halides is 3. The van der Waals surface area contributed by atoms with Gasteiger partial charge in [0.05, 0.1) is 5.56 Å². The van der Waals surface area contributed by atoms with Crippen LogP contribution in [0.15, 0.2) is 54.6 Å². The molecule has 8 heteroatoms. The molecule has 0 unspecified atom stereocenters. The third kappa shape index (κ3) is 7.01. The molecular weight excluding hydrogens is 363 g/mol. The number of hydrogen-bond acceptors (Lipinski definition) is 4. The van der Waals surface area contributed by atoms with Gasteiger partial charge in [0, 0.05) is 13.0 Å². The van der Waals surface area contributed by atoms with E-state index in [1.54, 1.807) is 0 Å². The molecule has 2 aromatic rings. The molecule has 0 saturated heterocycles. The fourth-order valence-corrected chi connectivity index (χ4v) is 2.16. The van der Waals surface area contributed by atoms with Crippen molar-refractivity contribution in [3.8, 4) is 5.75 Å². The monoisotopic (exact) mass is 381 g/mol. The number of halogens is 3. The van der Waals surface area contributed by atoms with Gasteiger partial charge in [0.1, 0.15) is 12.4 Å². The minimum Gasteiger partial charge on any atom is -0.445 e. The predicted molar refractivity (Wildman–Crippen MR) is 90.9 cm³/mol. The second-order valence-electron chi connectivity index (χ2n) is 5.56. The molecule has 0 aliphatic heterocycles. The summed E-state index contributed by atoms with van der Waals surface area (Å²) in [6.07, 6.45) is -5.20. The van der Waals surface area contributed by atoms with E-state index in [0.717, 1.165) is 17.7 Å². The molecule has 0 aromatic heterocycles. The van der Waals surface area contributed by atoms with E-state index in [2.05, 4.69) is 5.32 Å². The van der Waals surface area contributed by atoms with Crippen molar-refractivity contribution in [3.05, 3.63) is 65.7 Å². The zero-order valence-electron chi connectivity index (χ0n) is 14.3. The number of esters is 1. The summed E-state index contributed by atoms with van der Waals surface area (Å²) in [5, 5.41) is 2.46. The van der Waals surface area contributed by atoms with Crippen LogP contribution >= 0.6 is 0 Å². The molecule has 0 heterocycles. The lowest BCUT2D eigenvalue weighted by molar-refractivity contribution is -0.142. The van der Waals surface area contributed by atoms with Gasteiger partial charge in [0.15, 0.2) is 0 Å². The largest absolute Gasteiger partial charge is 0.445 e. The smallest absolute Gasteiger partial charge is 0.419 e. The summed E-state index contributed by atoms with van der Waals surface area (Å²) >= 11 is 0. The van der Waals surface area contributed by atoms with Crippen LogP contribution in [-0.2, 0) is 22.3 Å². The number of ether oxygens (including phenoxy) is 2. The SMILES string of the molecule is O=C(CCCNC(=O)OCc1ccccc1)Oc1ccccc1C(F)(F)F. The summed E-state index contributed by atoms with van der Waals surface area (Å²) in [5.74, 6) is -1.35. The van der Waals surface area contributed by atoms with Crippen LogP contribution in [0.2, 0.25) is 0 Å². The Morgan fingerprint density at radius 2 is 1.63 bits per heavy atom. The van der Waals surface area contributed by atoms with Gasteiger partial charge in [-0.3, -0.25) is 4.79 Å². The fraction of sp³-hybridized carbons (Fsp3) is 0.263. The Kier molecular flexibility index (Phi) is 7.22. The Morgan fingerprint density at radius 1 is 0.963 bits per heavy atom. The van der Waals surface area contributed by atoms with E-state index in [9.17, 15) is 22.8 Å². The van der Waals surface area contributed by atoms with Crippen molar-refractivity contribution in [2.45, 2.75) is 25.6 Å². The molecular formula is C19H18F3NO4. The first-order valence-electron chi connectivity index (χ1n) is 8.17. The van der Waals surface area contributed by atoms with Crippen LogP contribution in [0.1, 0.15) is 24.0 Å². The van der Waals surface area contributed by atoms with Crippen LogP contribution in [0.25, 0.3) is 0 Å². The number of amides is 1. The Bertz CT molecular complexity index is 763. The van der Waals surface area contributed by atoms with Crippen LogP contribution < -0.4 is 10.1 Å². The summed E-state index contributed by atoms with van der Waals surface area (Å²) in [4.78, 5) is 23.2. The Hall–Kier alpha value is -3.03. The van der Waals surface area contributed by atoms with Crippen molar-refractivity contribution in [2.24, 2.45) is 0 Å². The Balaban J connectivity index is 1.69. The molecule has 27 heavy (non-hydrogen) atoms. The zero-order valence-corrected chi connectivity index (χ0v) is 14.3. The van der Waals surface area contributed by atoms with Crippen molar-refractivity contribution in [1.29, 1.82) is 0 Å². The first-order valence-corrected chi connectivity index (χ1v) is 8.17. The minimum atomic E-state index is -4.61. The highest BCUT2D eigenvalue weighted by Gasteiger charge is 2.34. The highest BCUT2D eigenvalue weighted by molar-refractivity contribution is 5.73. The van der Waals surface area contributed by atoms with Gasteiger partial charge in [0.2, 0.25) is 0 Å². The maximum absolute atomic E-state index is 12.8. The summed E-state index contributed by atoms with van der Waals surface area (Å²) < 4.78 is 48.3. The second-order valence-corrected chi connectivity index (χ2v) is 5.56. The third-order valence-corrected chi connectivity index (χ3v) is 3.46. The molecule has 0 radical (unpaired) electrons. The lowest BCUT2D eigenvalue weighted by atomic mass is 10.2. The molecule has 0 aliphatic rings. The molecule has 0 atom stereocenters. The van der Waals surface area contributed by atoms with Crippen molar-refractivity contribution in [3.63, 3.8) is 0 Å². The molecule has 5 nitrogen and oxygen atoms in total. The summed E-state index contributed by atoms with van der Waals surface area (Å²) in [6, 6.07) is 13.6. The van der Waals surface area contributed by atoms with Gasteiger partial charge >= 0.3 is 18.2 Å². The molecule has 1 N–H and O–H groups in total. The minimum absolute atomic E-state index is 0.114. The fourth-order valence-electron chi connectivity index (χ4n) is 2.16. The van der Waals surface area contributed by atoms with Crippen LogP contribution in [0, 0.1) is 0 Å². The average Bonchev–Trinajstić information content (AvgIpc) is 2.64. The van der Waals surface area contributed by atoms with Gasteiger partial charge in [-0.25, -0.2) is 4.79 Å². The van der Waals surface area contributed by atoms with Gasteiger partial charge in [0.25, 0.3) is 0 Å². The van der Waals surface area contributed by atoms with Gasteiger partial charge in [-0.05, 0) is 24.1 Å². The quantitative estimate of drug-likeness (QED) is 0.441. The first-order chi connectivity index (χ1) is 12.9. The standard InChI is InChI=1S/C19H18F3NO4/c20-19(21,22)15-9-4-5-10-16(15)27-17(24)11-6-12-23-18(25)26-13-14-7-2-1-3-8-14/h1-5,7-10H,6,11-13H2,(H,23,25). The average molecular weight is 381 g/mol. The van der Waals surface area contributed by atoms with Crippen LogP contribution in [0.5, 0.6) is 5.75 Å². The highest BCUT2D eigenvalue weighted by Crippen LogP contribution is 2.35. The van der Waals surface area contributed by atoms with Gasteiger partial charge in [-0.15, -0.1) is 0 Å². The maximum atomic E-state index is 12.8. The van der Waals surface area contributed by atoms with Gasteiger partial charge < -0.3 is 14.8 Å². The van der Waals surface area contributed by atoms with E-state index in [1.165, 1.54) is 12.1 Å². The van der Waals surface area contributed by atoms with Crippen molar-refractivity contribution in [2.75, 3.05) is 6.54 Å². The highest BCUT2D eigenvalue weighted by atomic mass is 19.4. The zero-order chi connectivity index (χ0) is 19.7. The van der Waals surface area contributed by atoms with E-state index < -0.39 is 29.6 Å². The van der Waals surface area contributed by atoms with E-state index in [4.69, 9.17) is 9.47 Å². The van der Waals surface area contributed by atoms with E-state index in [-0.39, 0.29) is 26.0 Å². The number of para-hydroxylation sites is 1. The lowest BCUT2D eigenvalue weighted by Gasteiger charge is -2.12.